The van der Waals surface area contributed by atoms with E-state index in [2.05, 4.69) is 9.80 Å². The van der Waals surface area contributed by atoms with Crippen LogP contribution in [0.1, 0.15) is 19.3 Å². The van der Waals surface area contributed by atoms with Gasteiger partial charge in [0, 0.05) is 25.7 Å². The molecular weight excluding hydrogens is 202 g/mol. The maximum absolute atomic E-state index is 5.56. The molecule has 2 N–H and O–H groups in total. The molecule has 1 atom stereocenters. The SMILES string of the molecule is NCCCN1CCCN(C2CCOC2)CC1. The van der Waals surface area contributed by atoms with Crippen LogP contribution in [0.15, 0.2) is 0 Å². The van der Waals surface area contributed by atoms with Crippen molar-refractivity contribution < 1.29 is 4.74 Å². The molecule has 0 amide bonds. The minimum Gasteiger partial charge on any atom is -0.380 e. The summed E-state index contributed by atoms with van der Waals surface area (Å²) in [5.41, 5.74) is 5.56. The first-order valence-corrected chi connectivity index (χ1v) is 6.64. The van der Waals surface area contributed by atoms with Crippen LogP contribution in [0, 0.1) is 0 Å². The highest BCUT2D eigenvalue weighted by molar-refractivity contribution is 4.79. The van der Waals surface area contributed by atoms with E-state index in [9.17, 15) is 0 Å². The zero-order chi connectivity index (χ0) is 11.2. The zero-order valence-corrected chi connectivity index (χ0v) is 10.2. The lowest BCUT2D eigenvalue weighted by Gasteiger charge is -2.26. The van der Waals surface area contributed by atoms with Crippen LogP contribution in [0.5, 0.6) is 0 Å². The van der Waals surface area contributed by atoms with Crippen molar-refractivity contribution in [3.05, 3.63) is 0 Å². The Labute approximate surface area is 98.7 Å². The standard InChI is InChI=1S/C12H25N3O/c13-4-1-5-14-6-2-7-15(9-8-14)12-3-10-16-11-12/h12H,1-11,13H2. The minimum atomic E-state index is 0.689. The second-order valence-corrected chi connectivity index (χ2v) is 4.89. The molecule has 0 aromatic rings. The molecule has 2 heterocycles. The van der Waals surface area contributed by atoms with Gasteiger partial charge >= 0.3 is 0 Å². The van der Waals surface area contributed by atoms with Crippen molar-refractivity contribution in [2.75, 3.05) is 52.5 Å². The molecule has 16 heavy (non-hydrogen) atoms. The van der Waals surface area contributed by atoms with E-state index in [0.29, 0.717) is 6.04 Å². The fourth-order valence-electron chi connectivity index (χ4n) is 2.70. The number of hydrogen-bond acceptors (Lipinski definition) is 4. The second kappa shape index (κ2) is 6.55. The molecule has 2 aliphatic heterocycles. The van der Waals surface area contributed by atoms with Crippen molar-refractivity contribution in [3.8, 4) is 0 Å². The van der Waals surface area contributed by atoms with Gasteiger partial charge in [-0.15, -0.1) is 0 Å². The second-order valence-electron chi connectivity index (χ2n) is 4.89. The minimum absolute atomic E-state index is 0.689. The molecule has 0 saturated carbocycles. The van der Waals surface area contributed by atoms with E-state index in [1.54, 1.807) is 0 Å². The number of ether oxygens (including phenoxy) is 1. The van der Waals surface area contributed by atoms with Gasteiger partial charge in [-0.2, -0.15) is 0 Å². The third-order valence-corrected chi connectivity index (χ3v) is 3.72. The monoisotopic (exact) mass is 227 g/mol. The van der Waals surface area contributed by atoms with Gasteiger partial charge in [0.2, 0.25) is 0 Å². The summed E-state index contributed by atoms with van der Waals surface area (Å²) in [4.78, 5) is 5.18. The summed E-state index contributed by atoms with van der Waals surface area (Å²) in [5.74, 6) is 0. The highest BCUT2D eigenvalue weighted by Gasteiger charge is 2.24. The van der Waals surface area contributed by atoms with Crippen LogP contribution >= 0.6 is 0 Å². The van der Waals surface area contributed by atoms with Crippen molar-refractivity contribution >= 4 is 0 Å². The fourth-order valence-corrected chi connectivity index (χ4v) is 2.70. The number of rotatable bonds is 4. The normalized spacial score (nSPS) is 29.4. The molecule has 0 aromatic heterocycles. The molecule has 0 aromatic carbocycles. The first-order chi connectivity index (χ1) is 7.90. The van der Waals surface area contributed by atoms with Crippen molar-refractivity contribution in [1.82, 2.24) is 9.80 Å². The molecule has 2 fully saturated rings. The van der Waals surface area contributed by atoms with Crippen LogP contribution in [0.25, 0.3) is 0 Å². The van der Waals surface area contributed by atoms with E-state index in [1.165, 1.54) is 45.6 Å². The van der Waals surface area contributed by atoms with Gasteiger partial charge in [-0.25, -0.2) is 0 Å². The molecule has 4 nitrogen and oxygen atoms in total. The predicted molar refractivity (Wildman–Crippen MR) is 65.5 cm³/mol. The van der Waals surface area contributed by atoms with E-state index in [4.69, 9.17) is 10.5 Å². The molecule has 1 unspecified atom stereocenters. The van der Waals surface area contributed by atoms with Gasteiger partial charge in [0.25, 0.3) is 0 Å². The van der Waals surface area contributed by atoms with Crippen LogP contribution in [0.3, 0.4) is 0 Å². The highest BCUT2D eigenvalue weighted by atomic mass is 16.5. The van der Waals surface area contributed by atoms with Crippen molar-refractivity contribution in [2.24, 2.45) is 5.73 Å². The van der Waals surface area contributed by atoms with Crippen LogP contribution in [0.4, 0.5) is 0 Å². The average Bonchev–Trinajstić information content (AvgIpc) is 2.73. The Balaban J connectivity index is 1.74. The van der Waals surface area contributed by atoms with Gasteiger partial charge in [-0.1, -0.05) is 0 Å². The topological polar surface area (TPSA) is 41.7 Å². The van der Waals surface area contributed by atoms with Crippen LogP contribution in [-0.4, -0.2) is 68.3 Å². The first kappa shape index (κ1) is 12.3. The van der Waals surface area contributed by atoms with Gasteiger partial charge in [-0.3, -0.25) is 4.90 Å². The summed E-state index contributed by atoms with van der Waals surface area (Å²) < 4.78 is 5.47. The Morgan fingerprint density at radius 1 is 1.19 bits per heavy atom. The lowest BCUT2D eigenvalue weighted by Crippen LogP contribution is -2.38. The molecule has 0 spiro atoms. The van der Waals surface area contributed by atoms with Crippen LogP contribution in [-0.2, 0) is 4.74 Å². The summed E-state index contributed by atoms with van der Waals surface area (Å²) in [6.45, 7) is 8.79. The molecule has 4 heteroatoms. The highest BCUT2D eigenvalue weighted by Crippen LogP contribution is 2.14. The lowest BCUT2D eigenvalue weighted by atomic mass is 10.2. The van der Waals surface area contributed by atoms with Gasteiger partial charge < -0.3 is 15.4 Å². The number of nitrogens with two attached hydrogens (primary N) is 1. The molecule has 2 saturated heterocycles. The fraction of sp³-hybridized carbons (Fsp3) is 1.00. The largest absolute Gasteiger partial charge is 0.380 e. The Hall–Kier alpha value is -0.160. The number of hydrogen-bond donors (Lipinski definition) is 1. The zero-order valence-electron chi connectivity index (χ0n) is 10.2. The summed E-state index contributed by atoms with van der Waals surface area (Å²) >= 11 is 0. The Bertz CT molecular complexity index is 195. The van der Waals surface area contributed by atoms with Gasteiger partial charge in [0.1, 0.15) is 0 Å². The Morgan fingerprint density at radius 2 is 2.12 bits per heavy atom. The van der Waals surface area contributed by atoms with E-state index < -0.39 is 0 Å². The quantitative estimate of drug-likeness (QED) is 0.741. The molecular formula is C12H25N3O. The molecule has 2 rings (SSSR count). The molecule has 0 radical (unpaired) electrons. The van der Waals surface area contributed by atoms with Crippen molar-refractivity contribution in [2.45, 2.75) is 25.3 Å². The summed E-state index contributed by atoms with van der Waals surface area (Å²) in [6, 6.07) is 0.689. The lowest BCUT2D eigenvalue weighted by molar-refractivity contribution is 0.145. The molecule has 94 valence electrons. The maximum Gasteiger partial charge on any atom is 0.0622 e. The van der Waals surface area contributed by atoms with Gasteiger partial charge in [-0.05, 0) is 45.4 Å². The summed E-state index contributed by atoms with van der Waals surface area (Å²) in [6.07, 6.45) is 3.65. The van der Waals surface area contributed by atoms with E-state index >= 15 is 0 Å². The van der Waals surface area contributed by atoms with Gasteiger partial charge in [0.05, 0.1) is 6.61 Å². The maximum atomic E-state index is 5.56. The van der Waals surface area contributed by atoms with Crippen LogP contribution in [0.2, 0.25) is 0 Å². The molecule has 2 aliphatic rings. The molecule has 0 aliphatic carbocycles. The third-order valence-electron chi connectivity index (χ3n) is 3.72. The van der Waals surface area contributed by atoms with Crippen molar-refractivity contribution in [3.63, 3.8) is 0 Å². The third kappa shape index (κ3) is 3.42. The smallest absolute Gasteiger partial charge is 0.0622 e. The Kier molecular flexibility index (Phi) is 5.03. The summed E-state index contributed by atoms with van der Waals surface area (Å²) in [7, 11) is 0. The first-order valence-electron chi connectivity index (χ1n) is 6.64. The predicted octanol–water partition coefficient (Wildman–Crippen LogP) is 0.132. The van der Waals surface area contributed by atoms with Crippen LogP contribution < -0.4 is 5.73 Å². The van der Waals surface area contributed by atoms with E-state index in [-0.39, 0.29) is 0 Å². The number of nitrogens with zero attached hydrogens (tertiary/aromatic N) is 2. The van der Waals surface area contributed by atoms with E-state index in [0.717, 1.165) is 26.2 Å². The summed E-state index contributed by atoms with van der Waals surface area (Å²) in [5, 5.41) is 0. The van der Waals surface area contributed by atoms with E-state index in [1.807, 2.05) is 0 Å². The average molecular weight is 227 g/mol. The van der Waals surface area contributed by atoms with Gasteiger partial charge in [0.15, 0.2) is 0 Å². The molecule has 0 bridgehead atoms. The Morgan fingerprint density at radius 3 is 2.88 bits per heavy atom. The van der Waals surface area contributed by atoms with Crippen molar-refractivity contribution in [1.29, 1.82) is 0 Å².